The minimum Gasteiger partial charge on any atom is -0.475 e. The van der Waals surface area contributed by atoms with Crippen LogP contribution in [0.1, 0.15) is 16.8 Å². The van der Waals surface area contributed by atoms with E-state index in [4.69, 9.17) is 21.5 Å². The Balaban J connectivity index is 0.000000298. The highest BCUT2D eigenvalue weighted by Crippen LogP contribution is 2.25. The van der Waals surface area contributed by atoms with Gasteiger partial charge in [0.25, 0.3) is 5.91 Å². The third kappa shape index (κ3) is 5.21. The van der Waals surface area contributed by atoms with Crippen molar-refractivity contribution >= 4 is 29.3 Å². The zero-order chi connectivity index (χ0) is 19.3. The smallest absolute Gasteiger partial charge is 0.475 e. The lowest BCUT2D eigenvalue weighted by atomic mass is 10.1. The highest BCUT2D eigenvalue weighted by molar-refractivity contribution is 6.33. The number of carbonyl (C=O) groups excluding carboxylic acids is 1. The predicted octanol–water partition coefficient (Wildman–Crippen LogP) is 1.62. The number of piperazine rings is 1. The first kappa shape index (κ1) is 20.2. The Labute approximate surface area is 152 Å². The van der Waals surface area contributed by atoms with Gasteiger partial charge in [-0.15, -0.1) is 0 Å². The number of carbonyl (C=O) groups is 2. The molecular formula is C15H18ClF3N4O3. The molecule has 7 nitrogen and oxygen atoms in total. The summed E-state index contributed by atoms with van der Waals surface area (Å²) in [6.45, 7) is 5.35. The van der Waals surface area contributed by atoms with Crippen LogP contribution in [0.25, 0.3) is 0 Å². The molecule has 0 unspecified atom stereocenters. The van der Waals surface area contributed by atoms with Gasteiger partial charge in [0.15, 0.2) is 0 Å². The Morgan fingerprint density at radius 2 is 1.77 bits per heavy atom. The zero-order valence-electron chi connectivity index (χ0n) is 13.7. The van der Waals surface area contributed by atoms with Gasteiger partial charge in [-0.05, 0) is 12.5 Å². The van der Waals surface area contributed by atoms with E-state index in [9.17, 15) is 18.0 Å². The summed E-state index contributed by atoms with van der Waals surface area (Å²) in [6, 6.07) is 1.74. The Hall–Kier alpha value is -2.07. The van der Waals surface area contributed by atoms with Gasteiger partial charge in [0, 0.05) is 45.5 Å². The van der Waals surface area contributed by atoms with Gasteiger partial charge in [-0.1, -0.05) is 11.6 Å². The van der Waals surface area contributed by atoms with Gasteiger partial charge >= 0.3 is 12.1 Å². The molecule has 2 aliphatic heterocycles. The first-order valence-electron chi connectivity index (χ1n) is 7.90. The molecule has 3 heterocycles. The van der Waals surface area contributed by atoms with E-state index < -0.39 is 12.1 Å². The number of amides is 1. The first-order chi connectivity index (χ1) is 12.2. The lowest BCUT2D eigenvalue weighted by molar-refractivity contribution is -0.192. The maximum atomic E-state index is 12.1. The van der Waals surface area contributed by atoms with Crippen molar-refractivity contribution in [2.75, 3.05) is 44.2 Å². The van der Waals surface area contributed by atoms with E-state index in [0.29, 0.717) is 10.6 Å². The van der Waals surface area contributed by atoms with Crippen LogP contribution in [0.2, 0.25) is 5.02 Å². The number of carboxylic acids is 1. The van der Waals surface area contributed by atoms with Gasteiger partial charge < -0.3 is 20.2 Å². The van der Waals surface area contributed by atoms with Crippen LogP contribution in [0, 0.1) is 0 Å². The number of hydrogen-bond acceptors (Lipinski definition) is 5. The number of alkyl halides is 3. The van der Waals surface area contributed by atoms with Gasteiger partial charge in [0.1, 0.15) is 5.82 Å². The van der Waals surface area contributed by atoms with Crippen molar-refractivity contribution in [2.45, 2.75) is 12.6 Å². The van der Waals surface area contributed by atoms with Gasteiger partial charge in [-0.2, -0.15) is 13.2 Å². The number of anilines is 1. The van der Waals surface area contributed by atoms with Crippen molar-refractivity contribution < 1.29 is 27.9 Å². The van der Waals surface area contributed by atoms with Crippen molar-refractivity contribution in [3.05, 3.63) is 22.8 Å². The summed E-state index contributed by atoms with van der Waals surface area (Å²) in [4.78, 5) is 29.3. The van der Waals surface area contributed by atoms with Gasteiger partial charge in [-0.25, -0.2) is 9.78 Å². The molecule has 2 fully saturated rings. The molecule has 2 aliphatic rings. The molecule has 0 saturated carbocycles. The normalized spacial score (nSPS) is 17.1. The fourth-order valence-electron chi connectivity index (χ4n) is 2.36. The van der Waals surface area contributed by atoms with Crippen LogP contribution in [-0.4, -0.2) is 72.3 Å². The molecule has 0 radical (unpaired) electrons. The molecule has 0 bridgehead atoms. The molecule has 1 aromatic rings. The fraction of sp³-hybridized carbons (Fsp3) is 0.533. The molecular weight excluding hydrogens is 377 g/mol. The summed E-state index contributed by atoms with van der Waals surface area (Å²) in [5, 5.41) is 11.0. The molecule has 0 spiro atoms. The van der Waals surface area contributed by atoms with Crippen LogP contribution >= 0.6 is 11.6 Å². The average Bonchev–Trinajstić information content (AvgIpc) is 2.53. The monoisotopic (exact) mass is 394 g/mol. The quantitative estimate of drug-likeness (QED) is 0.793. The Bertz CT molecular complexity index is 662. The summed E-state index contributed by atoms with van der Waals surface area (Å²) in [5.74, 6) is -1.94. The molecule has 144 valence electrons. The van der Waals surface area contributed by atoms with E-state index >= 15 is 0 Å². The molecule has 0 aromatic carbocycles. The van der Waals surface area contributed by atoms with Crippen LogP contribution < -0.4 is 10.2 Å². The number of pyridine rings is 1. The average molecular weight is 395 g/mol. The third-order valence-electron chi connectivity index (χ3n) is 3.87. The van der Waals surface area contributed by atoms with Crippen molar-refractivity contribution in [2.24, 2.45) is 0 Å². The minimum absolute atomic E-state index is 0.0347. The molecule has 1 amide bonds. The number of carboxylic acid groups (broad SMARTS) is 1. The van der Waals surface area contributed by atoms with E-state index in [1.54, 1.807) is 12.3 Å². The maximum absolute atomic E-state index is 12.1. The maximum Gasteiger partial charge on any atom is 0.490 e. The highest BCUT2D eigenvalue weighted by Gasteiger charge is 2.38. The van der Waals surface area contributed by atoms with Crippen molar-refractivity contribution in [3.8, 4) is 0 Å². The fourth-order valence-corrected chi connectivity index (χ4v) is 2.64. The van der Waals surface area contributed by atoms with E-state index in [1.807, 2.05) is 4.90 Å². The predicted molar refractivity (Wildman–Crippen MR) is 88.5 cm³/mol. The molecule has 26 heavy (non-hydrogen) atoms. The van der Waals surface area contributed by atoms with E-state index in [2.05, 4.69) is 15.2 Å². The molecule has 3 rings (SSSR count). The highest BCUT2D eigenvalue weighted by atomic mass is 35.5. The standard InChI is InChI=1S/C13H17ClN4O.C2HF3O2/c14-11-8-10(13(19)18-4-1-5-18)9-16-12(11)17-6-2-15-3-7-17;3-2(4,5)1(6)7/h8-9,15H,1-7H2;(H,6,7). The number of likely N-dealkylation sites (tertiary alicyclic amines) is 1. The second-order valence-corrected chi connectivity index (χ2v) is 6.12. The molecule has 2 saturated heterocycles. The second kappa shape index (κ2) is 8.54. The SMILES string of the molecule is O=C(O)C(F)(F)F.O=C(c1cnc(N2CCNCC2)c(Cl)c1)N1CCC1. The number of nitrogens with one attached hydrogen (secondary N) is 1. The summed E-state index contributed by atoms with van der Waals surface area (Å²) in [7, 11) is 0. The van der Waals surface area contributed by atoms with E-state index in [1.165, 1.54) is 0 Å². The molecule has 0 aliphatic carbocycles. The summed E-state index contributed by atoms with van der Waals surface area (Å²) >= 11 is 6.28. The Kier molecular flexibility index (Phi) is 6.65. The number of rotatable bonds is 2. The van der Waals surface area contributed by atoms with E-state index in [-0.39, 0.29) is 5.91 Å². The van der Waals surface area contributed by atoms with Crippen LogP contribution in [0.5, 0.6) is 0 Å². The summed E-state index contributed by atoms with van der Waals surface area (Å²) in [6.07, 6.45) is -2.35. The molecule has 0 atom stereocenters. The van der Waals surface area contributed by atoms with E-state index in [0.717, 1.165) is 51.5 Å². The van der Waals surface area contributed by atoms with Gasteiger partial charge in [-0.3, -0.25) is 4.79 Å². The Morgan fingerprint density at radius 3 is 2.19 bits per heavy atom. The van der Waals surface area contributed by atoms with Crippen molar-refractivity contribution in [3.63, 3.8) is 0 Å². The number of aromatic nitrogens is 1. The van der Waals surface area contributed by atoms with Crippen molar-refractivity contribution in [1.82, 2.24) is 15.2 Å². The number of hydrogen-bond donors (Lipinski definition) is 2. The minimum atomic E-state index is -5.08. The van der Waals surface area contributed by atoms with Crippen LogP contribution in [0.3, 0.4) is 0 Å². The number of nitrogens with zero attached hydrogens (tertiary/aromatic N) is 3. The second-order valence-electron chi connectivity index (χ2n) is 5.72. The number of aliphatic carboxylic acids is 1. The first-order valence-corrected chi connectivity index (χ1v) is 8.28. The lowest BCUT2D eigenvalue weighted by Crippen LogP contribution is -2.44. The molecule has 1 aromatic heterocycles. The van der Waals surface area contributed by atoms with Crippen LogP contribution in [0.15, 0.2) is 12.3 Å². The summed E-state index contributed by atoms with van der Waals surface area (Å²) in [5.41, 5.74) is 0.587. The van der Waals surface area contributed by atoms with Gasteiger partial charge in [0.05, 0.1) is 10.6 Å². The zero-order valence-corrected chi connectivity index (χ0v) is 14.5. The molecule has 11 heteroatoms. The Morgan fingerprint density at radius 1 is 1.19 bits per heavy atom. The molecule has 2 N–H and O–H groups in total. The van der Waals surface area contributed by atoms with Crippen LogP contribution in [0.4, 0.5) is 19.0 Å². The third-order valence-corrected chi connectivity index (χ3v) is 4.15. The topological polar surface area (TPSA) is 85.8 Å². The van der Waals surface area contributed by atoms with Gasteiger partial charge in [0.2, 0.25) is 0 Å². The van der Waals surface area contributed by atoms with Crippen LogP contribution in [-0.2, 0) is 4.79 Å². The summed E-state index contributed by atoms with van der Waals surface area (Å²) < 4.78 is 31.7. The number of halogens is 4. The largest absolute Gasteiger partial charge is 0.490 e. The lowest BCUT2D eigenvalue weighted by Gasteiger charge is -2.31. The van der Waals surface area contributed by atoms with Crippen molar-refractivity contribution in [1.29, 1.82) is 0 Å².